The van der Waals surface area contributed by atoms with Gasteiger partial charge in [0.2, 0.25) is 0 Å². The van der Waals surface area contributed by atoms with Gasteiger partial charge >= 0.3 is 6.09 Å². The summed E-state index contributed by atoms with van der Waals surface area (Å²) in [6, 6.07) is 0. The second kappa shape index (κ2) is 16.3. The Labute approximate surface area is 279 Å². The van der Waals surface area contributed by atoms with Crippen molar-refractivity contribution in [3.63, 3.8) is 0 Å². The topological polar surface area (TPSA) is 91.4 Å². The van der Waals surface area contributed by atoms with Gasteiger partial charge in [0.25, 0.3) is 0 Å². The molecule has 0 unspecified atom stereocenters. The molecule has 0 radical (unpaired) electrons. The van der Waals surface area contributed by atoms with Crippen molar-refractivity contribution in [2.45, 2.75) is 116 Å². The first-order valence-corrected chi connectivity index (χ1v) is 19.5. The Morgan fingerprint density at radius 1 is 0.822 bits per heavy atom. The molecular formula is C35H58N6O2S2. The van der Waals surface area contributed by atoms with Crippen molar-refractivity contribution >= 4 is 39.0 Å². The SMILES string of the molecule is CC(C)(C)OC(=O)N1CCC(CNc2nccs2)(C2CCCCC2)CC1.c1csc(NCC2(C3CCCCC3)CCNCC2)n1. The van der Waals surface area contributed by atoms with Gasteiger partial charge in [-0.25, -0.2) is 14.8 Å². The molecule has 6 rings (SSSR count). The molecule has 10 heteroatoms. The quantitative estimate of drug-likeness (QED) is 0.262. The predicted octanol–water partition coefficient (Wildman–Crippen LogP) is 8.66. The summed E-state index contributed by atoms with van der Waals surface area (Å²) in [6.07, 6.45) is 22.3. The van der Waals surface area contributed by atoms with Gasteiger partial charge in [0.15, 0.2) is 10.3 Å². The molecule has 4 fully saturated rings. The van der Waals surface area contributed by atoms with Gasteiger partial charge in [-0.3, -0.25) is 0 Å². The zero-order valence-corrected chi connectivity index (χ0v) is 29.7. The summed E-state index contributed by atoms with van der Waals surface area (Å²) in [5, 5.41) is 16.9. The second-order valence-electron chi connectivity index (χ2n) is 15.0. The highest BCUT2D eigenvalue weighted by Gasteiger charge is 2.43. The lowest BCUT2D eigenvalue weighted by atomic mass is 9.63. The first-order valence-electron chi connectivity index (χ1n) is 17.7. The van der Waals surface area contributed by atoms with Gasteiger partial charge in [-0.1, -0.05) is 38.5 Å². The van der Waals surface area contributed by atoms with Crippen molar-refractivity contribution in [1.29, 1.82) is 0 Å². The van der Waals surface area contributed by atoms with E-state index in [0.717, 1.165) is 61.1 Å². The molecule has 3 N–H and O–H groups in total. The lowest BCUT2D eigenvalue weighted by Crippen LogP contribution is -2.50. The predicted molar refractivity (Wildman–Crippen MR) is 188 cm³/mol. The highest BCUT2D eigenvalue weighted by atomic mass is 32.1. The maximum Gasteiger partial charge on any atom is 0.410 e. The Balaban J connectivity index is 0.000000186. The van der Waals surface area contributed by atoms with Crippen LogP contribution in [-0.4, -0.2) is 65.8 Å². The molecule has 0 bridgehead atoms. The van der Waals surface area contributed by atoms with Crippen LogP contribution in [0.15, 0.2) is 23.2 Å². The zero-order chi connectivity index (χ0) is 31.6. The van der Waals surface area contributed by atoms with E-state index in [2.05, 4.69) is 31.3 Å². The third-order valence-electron chi connectivity index (χ3n) is 11.0. The monoisotopic (exact) mass is 658 g/mol. The Hall–Kier alpha value is -1.91. The van der Waals surface area contributed by atoms with Gasteiger partial charge in [0, 0.05) is 49.3 Å². The fourth-order valence-electron chi connectivity index (χ4n) is 8.40. The third kappa shape index (κ3) is 9.80. The summed E-state index contributed by atoms with van der Waals surface area (Å²) in [5.41, 5.74) is 0.351. The molecule has 0 atom stereocenters. The maximum atomic E-state index is 12.4. The average molecular weight is 659 g/mol. The van der Waals surface area contributed by atoms with Gasteiger partial charge in [-0.05, 0) is 108 Å². The van der Waals surface area contributed by atoms with Crippen molar-refractivity contribution in [3.8, 4) is 0 Å². The maximum absolute atomic E-state index is 12.4. The van der Waals surface area contributed by atoms with Crippen molar-refractivity contribution in [1.82, 2.24) is 20.2 Å². The zero-order valence-electron chi connectivity index (χ0n) is 28.1. The van der Waals surface area contributed by atoms with E-state index in [1.54, 1.807) is 22.7 Å². The van der Waals surface area contributed by atoms with Crippen LogP contribution >= 0.6 is 22.7 Å². The van der Waals surface area contributed by atoms with Crippen molar-refractivity contribution in [2.75, 3.05) is 49.9 Å². The average Bonchev–Trinajstić information content (AvgIpc) is 3.79. The molecule has 2 aliphatic heterocycles. The van der Waals surface area contributed by atoms with E-state index in [1.807, 2.05) is 43.4 Å². The largest absolute Gasteiger partial charge is 0.444 e. The van der Waals surface area contributed by atoms with Crippen LogP contribution in [0.25, 0.3) is 0 Å². The minimum absolute atomic E-state index is 0.164. The van der Waals surface area contributed by atoms with Crippen molar-refractivity contribution in [2.24, 2.45) is 22.7 Å². The summed E-state index contributed by atoms with van der Waals surface area (Å²) in [7, 11) is 0. The second-order valence-corrected chi connectivity index (χ2v) is 16.8. The molecule has 2 saturated carbocycles. The molecule has 0 spiro atoms. The smallest absolute Gasteiger partial charge is 0.410 e. The van der Waals surface area contributed by atoms with E-state index in [9.17, 15) is 4.79 Å². The van der Waals surface area contributed by atoms with Gasteiger partial charge in [0.05, 0.1) is 0 Å². The van der Waals surface area contributed by atoms with E-state index < -0.39 is 5.60 Å². The number of anilines is 2. The number of hydrogen-bond acceptors (Lipinski definition) is 9. The number of thiazole rings is 2. The first kappa shape index (κ1) is 34.4. The summed E-state index contributed by atoms with van der Waals surface area (Å²) >= 11 is 3.38. The van der Waals surface area contributed by atoms with Crippen LogP contribution in [0, 0.1) is 22.7 Å². The van der Waals surface area contributed by atoms with E-state index in [4.69, 9.17) is 4.74 Å². The first-order chi connectivity index (χ1) is 21.8. The molecular weight excluding hydrogens is 601 g/mol. The number of carbonyl (C=O) groups excluding carboxylic acids is 1. The number of carbonyl (C=O) groups is 1. The van der Waals surface area contributed by atoms with E-state index in [0.29, 0.717) is 5.41 Å². The van der Waals surface area contributed by atoms with Crippen LogP contribution in [0.5, 0.6) is 0 Å². The molecule has 2 aromatic heterocycles. The number of nitrogens with zero attached hydrogens (tertiary/aromatic N) is 3. The van der Waals surface area contributed by atoms with Crippen LogP contribution in [-0.2, 0) is 4.74 Å². The molecule has 2 aromatic rings. The lowest BCUT2D eigenvalue weighted by molar-refractivity contribution is -0.00212. The summed E-state index contributed by atoms with van der Waals surface area (Å²) in [6.45, 7) is 11.8. The number of amides is 1. The van der Waals surface area contributed by atoms with Gasteiger partial charge in [0.1, 0.15) is 5.60 Å². The van der Waals surface area contributed by atoms with Crippen molar-refractivity contribution in [3.05, 3.63) is 23.2 Å². The summed E-state index contributed by atoms with van der Waals surface area (Å²) in [4.78, 5) is 23.1. The molecule has 4 heterocycles. The van der Waals surface area contributed by atoms with Crippen LogP contribution in [0.2, 0.25) is 0 Å². The Kier molecular flexibility index (Phi) is 12.4. The van der Waals surface area contributed by atoms with E-state index in [1.165, 1.54) is 90.1 Å². The summed E-state index contributed by atoms with van der Waals surface area (Å²) in [5.74, 6) is 1.68. The lowest BCUT2D eigenvalue weighted by Gasteiger charge is -2.48. The standard InChI is InChI=1S/C20H33N3O2S.C15H25N3S/c1-19(2,3)25-18(24)23-12-9-20(10-13-23,16-7-5-4-6-8-16)15-22-17-21-11-14-26-17;1-2-4-13(5-3-1)15(6-8-16-9-7-15)12-18-14-17-10-11-19-14/h11,14,16H,4-10,12-13,15H2,1-3H3,(H,21,22);10-11,13,16H,1-9,12H2,(H,17,18). The highest BCUT2D eigenvalue weighted by molar-refractivity contribution is 7.13. The fraction of sp³-hybridized carbons (Fsp3) is 0.800. The molecule has 1 amide bonds. The Morgan fingerprint density at radius 3 is 1.71 bits per heavy atom. The molecule has 4 aliphatic rings. The fourth-order valence-corrected chi connectivity index (χ4v) is 9.45. The number of hydrogen-bond donors (Lipinski definition) is 3. The normalized spacial score (nSPS) is 22.6. The van der Waals surface area contributed by atoms with E-state index >= 15 is 0 Å². The van der Waals surface area contributed by atoms with Gasteiger partial charge < -0.3 is 25.6 Å². The summed E-state index contributed by atoms with van der Waals surface area (Å²) < 4.78 is 5.57. The van der Waals surface area contributed by atoms with Gasteiger partial charge in [-0.2, -0.15) is 0 Å². The van der Waals surface area contributed by atoms with Gasteiger partial charge in [-0.15, -0.1) is 22.7 Å². The third-order valence-corrected chi connectivity index (χ3v) is 12.5. The van der Waals surface area contributed by atoms with Crippen LogP contribution in [0.4, 0.5) is 15.1 Å². The molecule has 8 nitrogen and oxygen atoms in total. The number of piperidine rings is 2. The van der Waals surface area contributed by atoms with Crippen LogP contribution in [0.3, 0.4) is 0 Å². The number of ether oxygens (including phenoxy) is 1. The molecule has 0 aromatic carbocycles. The van der Waals surface area contributed by atoms with Crippen LogP contribution < -0.4 is 16.0 Å². The molecule has 2 aliphatic carbocycles. The molecule has 2 saturated heterocycles. The Bertz CT molecular complexity index is 1110. The number of rotatable bonds is 8. The van der Waals surface area contributed by atoms with Crippen LogP contribution in [0.1, 0.15) is 111 Å². The van der Waals surface area contributed by atoms with Crippen molar-refractivity contribution < 1.29 is 9.53 Å². The number of nitrogens with one attached hydrogen (secondary N) is 3. The highest BCUT2D eigenvalue weighted by Crippen LogP contribution is 2.47. The minimum atomic E-state index is -0.429. The molecule has 45 heavy (non-hydrogen) atoms. The minimum Gasteiger partial charge on any atom is -0.444 e. The number of aromatic nitrogens is 2. The molecule has 252 valence electrons. The van der Waals surface area contributed by atoms with E-state index in [-0.39, 0.29) is 11.5 Å². The number of likely N-dealkylation sites (tertiary alicyclic amines) is 1. The Morgan fingerprint density at radius 2 is 1.29 bits per heavy atom.